The van der Waals surface area contributed by atoms with Gasteiger partial charge in [0.25, 0.3) is 5.01 Å². The van der Waals surface area contributed by atoms with E-state index in [0.29, 0.717) is 0 Å². The van der Waals surface area contributed by atoms with E-state index in [9.17, 15) is 0 Å². The van der Waals surface area contributed by atoms with Crippen LogP contribution in [0.15, 0.2) is 29.3 Å². The summed E-state index contributed by atoms with van der Waals surface area (Å²) in [6, 6.07) is 8.60. The summed E-state index contributed by atoms with van der Waals surface area (Å²) < 4.78 is 11.4. The molecular weight excluding hydrogens is 312 g/mol. The van der Waals surface area contributed by atoms with Crippen LogP contribution in [0.25, 0.3) is 16.3 Å². The summed E-state index contributed by atoms with van der Waals surface area (Å²) in [4.78, 5) is 2.45. The van der Waals surface area contributed by atoms with Gasteiger partial charge in [0.1, 0.15) is 11.7 Å². The van der Waals surface area contributed by atoms with Crippen molar-refractivity contribution in [1.82, 2.24) is 4.90 Å². The molecule has 0 radical (unpaired) electrons. The van der Waals surface area contributed by atoms with E-state index in [-0.39, 0.29) is 0 Å². The lowest BCUT2D eigenvalue weighted by molar-refractivity contribution is -0.642. The normalized spacial score (nSPS) is 16.6. The first kappa shape index (κ1) is 15.6. The molecule has 0 N–H and O–H groups in total. The predicted octanol–water partition coefficient (Wildman–Crippen LogP) is 2.59. The maximum atomic E-state index is 7.72. The van der Waals surface area contributed by atoms with Crippen molar-refractivity contribution in [2.75, 3.05) is 18.8 Å². The van der Waals surface area contributed by atoms with E-state index in [2.05, 4.69) is 65.6 Å². The molecule has 1 fully saturated rings. The molecular formula is C14H17ClN2OS2. The van der Waals surface area contributed by atoms with Gasteiger partial charge in [0.2, 0.25) is 5.52 Å². The van der Waals surface area contributed by atoms with Crippen molar-refractivity contribution in [2.24, 2.45) is 7.05 Å². The van der Waals surface area contributed by atoms with Gasteiger partial charge in [-0.15, -0.1) is 11.8 Å². The molecule has 2 aromatic rings. The van der Waals surface area contributed by atoms with Crippen LogP contribution in [0.5, 0.6) is 0 Å². The highest BCUT2D eigenvalue weighted by Gasteiger charge is 2.20. The molecule has 0 bridgehead atoms. The van der Waals surface area contributed by atoms with Crippen molar-refractivity contribution in [2.45, 2.75) is 6.92 Å². The highest BCUT2D eigenvalue weighted by Crippen LogP contribution is 2.30. The van der Waals surface area contributed by atoms with E-state index in [0.717, 1.165) is 6.54 Å². The molecule has 0 saturated carbocycles. The minimum absolute atomic E-state index is 1.10. The first-order valence-corrected chi connectivity index (χ1v) is 8.53. The molecule has 0 unspecified atom stereocenters. The molecule has 1 aliphatic rings. The van der Waals surface area contributed by atoms with Gasteiger partial charge in [-0.25, -0.2) is 11.9 Å². The van der Waals surface area contributed by atoms with Gasteiger partial charge in [-0.1, -0.05) is 23.5 Å². The van der Waals surface area contributed by atoms with Crippen molar-refractivity contribution in [1.29, 1.82) is 0 Å². The van der Waals surface area contributed by atoms with Crippen molar-refractivity contribution in [3.8, 4) is 0 Å². The number of hydrogen-bond acceptors (Lipinski definition) is 4. The third kappa shape index (κ3) is 3.11. The Balaban J connectivity index is 0.000000704. The van der Waals surface area contributed by atoms with E-state index in [1.807, 2.05) is 23.1 Å². The molecule has 0 atom stereocenters. The predicted molar refractivity (Wildman–Crippen MR) is 86.5 cm³/mol. The maximum absolute atomic E-state index is 7.72. The smallest absolute Gasteiger partial charge is 0.265 e. The van der Waals surface area contributed by atoms with Gasteiger partial charge in [0, 0.05) is 24.9 Å². The Bertz CT molecular complexity index is 612. The summed E-state index contributed by atoms with van der Waals surface area (Å²) >= 11 is 7.23. The summed E-state index contributed by atoms with van der Waals surface area (Å²) in [5.74, 6) is 1.22. The second kappa shape index (κ2) is 7.31. The number of benzene rings is 1. The van der Waals surface area contributed by atoms with Gasteiger partial charge in [0.15, 0.2) is 0 Å². The van der Waals surface area contributed by atoms with Crippen LogP contribution < -0.4 is 9.23 Å². The van der Waals surface area contributed by atoms with Crippen LogP contribution in [-0.2, 0) is 7.05 Å². The summed E-state index contributed by atoms with van der Waals surface area (Å²) in [5, 5.41) is 2.75. The monoisotopic (exact) mass is 328 g/mol. The Labute approximate surface area is 132 Å². The summed E-state index contributed by atoms with van der Waals surface area (Å²) in [5.41, 5.74) is 1.32. The van der Waals surface area contributed by atoms with Crippen LogP contribution in [0, 0.1) is 0 Å². The molecule has 0 aliphatic carbocycles. The van der Waals surface area contributed by atoms with Crippen LogP contribution in [0.3, 0.4) is 0 Å². The molecule has 0 amide bonds. The van der Waals surface area contributed by atoms with Crippen molar-refractivity contribution in [3.63, 3.8) is 0 Å². The third-order valence-corrected chi connectivity index (χ3v) is 5.55. The van der Waals surface area contributed by atoms with Crippen LogP contribution >= 0.6 is 35.0 Å². The van der Waals surface area contributed by atoms with Crippen LogP contribution in [0.2, 0.25) is 0 Å². The number of rotatable bonds is 2. The number of thiazole rings is 1. The number of halogens is 1. The molecule has 3 rings (SSSR count). The molecule has 6 heteroatoms. The van der Waals surface area contributed by atoms with E-state index in [4.69, 9.17) is 4.66 Å². The molecule has 1 aliphatic heterocycles. The van der Waals surface area contributed by atoms with Gasteiger partial charge < -0.3 is 9.56 Å². The SMILES string of the molecule is CCN1CCS/C1=C/c1sc2ccccc2[n+]1C.[O-]Cl. The summed E-state index contributed by atoms with van der Waals surface area (Å²) in [7, 11) is 2.15. The quantitative estimate of drug-likeness (QED) is 0.794. The van der Waals surface area contributed by atoms with Crippen molar-refractivity contribution < 1.29 is 9.23 Å². The lowest BCUT2D eigenvalue weighted by Crippen LogP contribution is -2.29. The summed E-state index contributed by atoms with van der Waals surface area (Å²) in [6.07, 6.45) is 2.34. The van der Waals surface area contributed by atoms with Gasteiger partial charge in [0.05, 0.1) is 11.1 Å². The Morgan fingerprint density at radius 2 is 2.15 bits per heavy atom. The molecule has 108 valence electrons. The Kier molecular flexibility index (Phi) is 5.72. The average molecular weight is 329 g/mol. The van der Waals surface area contributed by atoms with Crippen LogP contribution in [-0.4, -0.2) is 23.7 Å². The number of para-hydroxylation sites is 1. The first-order valence-electron chi connectivity index (χ1n) is 6.42. The fourth-order valence-corrected chi connectivity index (χ4v) is 4.54. The maximum Gasteiger partial charge on any atom is 0.265 e. The van der Waals surface area contributed by atoms with Gasteiger partial charge in [-0.05, 0) is 13.0 Å². The molecule has 2 heterocycles. The number of aromatic nitrogens is 1. The van der Waals surface area contributed by atoms with Crippen LogP contribution in [0.4, 0.5) is 0 Å². The van der Waals surface area contributed by atoms with E-state index < -0.39 is 0 Å². The standard InChI is InChI=1S/C14H17N2S2.ClO/c1-3-16-8-9-17-14(16)10-13-15(2)11-6-4-5-7-12(11)18-13;1-2/h4-7,10H,3,8-9H2,1-2H3;/q+1;-1. The highest BCUT2D eigenvalue weighted by molar-refractivity contribution is 8.03. The Morgan fingerprint density at radius 3 is 2.85 bits per heavy atom. The number of thioether (sulfide) groups is 1. The molecule has 3 nitrogen and oxygen atoms in total. The van der Waals surface area contributed by atoms with Gasteiger partial charge in [-0.3, -0.25) is 0 Å². The van der Waals surface area contributed by atoms with Crippen LogP contribution in [0.1, 0.15) is 11.9 Å². The lowest BCUT2D eigenvalue weighted by atomic mass is 10.3. The molecule has 20 heavy (non-hydrogen) atoms. The first-order chi connectivity index (χ1) is 9.79. The largest absolute Gasteiger partial charge is 0.769 e. The van der Waals surface area contributed by atoms with Crippen molar-refractivity contribution >= 4 is 51.3 Å². The molecule has 1 saturated heterocycles. The molecule has 1 aromatic carbocycles. The van der Waals surface area contributed by atoms with E-state index in [1.54, 1.807) is 0 Å². The Hall–Kier alpha value is -0.750. The lowest BCUT2D eigenvalue weighted by Gasteiger charge is -2.14. The van der Waals surface area contributed by atoms with Gasteiger partial charge in [-0.2, -0.15) is 4.57 Å². The average Bonchev–Trinajstić information content (AvgIpc) is 3.07. The zero-order valence-corrected chi connectivity index (χ0v) is 13.9. The van der Waals surface area contributed by atoms with E-state index >= 15 is 0 Å². The highest BCUT2D eigenvalue weighted by atomic mass is 35.5. The molecule has 0 spiro atoms. The second-order valence-electron chi connectivity index (χ2n) is 4.38. The van der Waals surface area contributed by atoms with E-state index in [1.165, 1.54) is 32.6 Å². The third-order valence-electron chi connectivity index (χ3n) is 3.32. The number of aryl methyl sites for hydroxylation is 1. The number of fused-ring (bicyclic) bond motifs is 1. The zero-order valence-electron chi connectivity index (χ0n) is 11.5. The minimum atomic E-state index is 1.10. The second-order valence-corrected chi connectivity index (χ2v) is 6.56. The van der Waals surface area contributed by atoms with Crippen molar-refractivity contribution in [3.05, 3.63) is 34.3 Å². The number of nitrogens with zero attached hydrogens (tertiary/aromatic N) is 2. The summed E-state index contributed by atoms with van der Waals surface area (Å²) in [6.45, 7) is 4.51. The number of hydrogen-bond donors (Lipinski definition) is 0. The Morgan fingerprint density at radius 1 is 1.40 bits per heavy atom. The molecule has 1 aromatic heterocycles. The fourth-order valence-electron chi connectivity index (χ4n) is 2.26. The fraction of sp³-hybridized carbons (Fsp3) is 0.357. The zero-order chi connectivity index (χ0) is 14.5. The minimum Gasteiger partial charge on any atom is -0.769 e. The topological polar surface area (TPSA) is 30.2 Å². The van der Waals surface area contributed by atoms with Gasteiger partial charge >= 0.3 is 0 Å².